The van der Waals surface area contributed by atoms with Crippen molar-refractivity contribution in [1.29, 1.82) is 0 Å². The first kappa shape index (κ1) is 19.1. The Kier molecular flexibility index (Phi) is 4.97. The molecule has 0 bridgehead atoms. The molecule has 4 nitrogen and oxygen atoms in total. The second kappa shape index (κ2) is 8.07. The Hall–Kier alpha value is -3.92. The Balaban J connectivity index is 1.56. The second-order valence-electron chi connectivity index (χ2n) is 7.78. The van der Waals surface area contributed by atoms with Crippen molar-refractivity contribution in [2.75, 3.05) is 0 Å². The van der Waals surface area contributed by atoms with Gasteiger partial charge in [-0.05, 0) is 34.5 Å². The van der Waals surface area contributed by atoms with Crippen LogP contribution in [0.1, 0.15) is 21.7 Å². The molecule has 0 saturated heterocycles. The van der Waals surface area contributed by atoms with Gasteiger partial charge in [-0.15, -0.1) is 0 Å². The SMILES string of the molecule is Cn1c(CN(Cc2ccccc2)C(=O)c2nccc3ccccc23)cc2ccccc21. The third kappa shape index (κ3) is 3.68. The van der Waals surface area contributed by atoms with Gasteiger partial charge >= 0.3 is 0 Å². The first-order valence-electron chi connectivity index (χ1n) is 10.4. The van der Waals surface area contributed by atoms with Crippen LogP contribution in [0.4, 0.5) is 0 Å². The van der Waals surface area contributed by atoms with Gasteiger partial charge in [-0.2, -0.15) is 0 Å². The summed E-state index contributed by atoms with van der Waals surface area (Å²) in [5, 5.41) is 3.07. The van der Waals surface area contributed by atoms with Crippen LogP contribution in [0.2, 0.25) is 0 Å². The number of benzene rings is 3. The molecule has 1 amide bonds. The van der Waals surface area contributed by atoms with Crippen LogP contribution < -0.4 is 0 Å². The first-order valence-corrected chi connectivity index (χ1v) is 10.4. The van der Waals surface area contributed by atoms with Crippen molar-refractivity contribution in [3.8, 4) is 0 Å². The maximum absolute atomic E-state index is 13.7. The molecule has 0 atom stereocenters. The third-order valence-electron chi connectivity index (χ3n) is 5.78. The number of aromatic nitrogens is 2. The quantitative estimate of drug-likeness (QED) is 0.383. The molecule has 2 heterocycles. The average molecular weight is 406 g/mol. The summed E-state index contributed by atoms with van der Waals surface area (Å²) in [7, 11) is 2.05. The molecule has 0 aliphatic carbocycles. The lowest BCUT2D eigenvalue weighted by atomic mass is 10.1. The fraction of sp³-hybridized carbons (Fsp3) is 0.111. The lowest BCUT2D eigenvalue weighted by molar-refractivity contribution is 0.0723. The van der Waals surface area contributed by atoms with E-state index >= 15 is 0 Å². The van der Waals surface area contributed by atoms with Gasteiger partial charge in [0.25, 0.3) is 5.91 Å². The van der Waals surface area contributed by atoms with Crippen LogP contribution in [-0.2, 0) is 20.1 Å². The highest BCUT2D eigenvalue weighted by Gasteiger charge is 2.21. The lowest BCUT2D eigenvalue weighted by Crippen LogP contribution is -2.31. The smallest absolute Gasteiger partial charge is 0.273 e. The minimum absolute atomic E-state index is 0.0640. The van der Waals surface area contributed by atoms with Crippen molar-refractivity contribution in [3.05, 3.63) is 114 Å². The van der Waals surface area contributed by atoms with Gasteiger partial charge in [0.05, 0.1) is 6.54 Å². The number of rotatable bonds is 5. The van der Waals surface area contributed by atoms with Gasteiger partial charge in [0.1, 0.15) is 5.69 Å². The molecule has 0 spiro atoms. The lowest BCUT2D eigenvalue weighted by Gasteiger charge is -2.23. The highest BCUT2D eigenvalue weighted by molar-refractivity contribution is 6.05. The van der Waals surface area contributed by atoms with Gasteiger partial charge in [0.2, 0.25) is 0 Å². The maximum atomic E-state index is 13.7. The van der Waals surface area contributed by atoms with Gasteiger partial charge < -0.3 is 9.47 Å². The summed E-state index contributed by atoms with van der Waals surface area (Å²) in [6.45, 7) is 1.02. The minimum Gasteiger partial charge on any atom is -0.346 e. The van der Waals surface area contributed by atoms with E-state index in [2.05, 4.69) is 46.9 Å². The number of hydrogen-bond acceptors (Lipinski definition) is 2. The zero-order valence-electron chi connectivity index (χ0n) is 17.4. The van der Waals surface area contributed by atoms with Gasteiger partial charge in [-0.3, -0.25) is 9.78 Å². The van der Waals surface area contributed by atoms with E-state index in [0.29, 0.717) is 18.8 Å². The van der Waals surface area contributed by atoms with Crippen LogP contribution in [0.25, 0.3) is 21.7 Å². The van der Waals surface area contributed by atoms with Crippen molar-refractivity contribution < 1.29 is 4.79 Å². The van der Waals surface area contributed by atoms with Crippen LogP contribution in [0, 0.1) is 0 Å². The minimum atomic E-state index is -0.0640. The van der Waals surface area contributed by atoms with Gasteiger partial charge in [0.15, 0.2) is 0 Å². The van der Waals surface area contributed by atoms with Crippen LogP contribution in [-0.4, -0.2) is 20.4 Å². The molecule has 31 heavy (non-hydrogen) atoms. The zero-order valence-corrected chi connectivity index (χ0v) is 17.4. The summed E-state index contributed by atoms with van der Waals surface area (Å²) >= 11 is 0. The van der Waals surface area contributed by atoms with Gasteiger partial charge in [-0.1, -0.05) is 72.8 Å². The molecule has 3 aromatic carbocycles. The molecule has 0 aliphatic heterocycles. The number of para-hydroxylation sites is 1. The monoisotopic (exact) mass is 405 g/mol. The number of hydrogen-bond donors (Lipinski definition) is 0. The molecule has 152 valence electrons. The topological polar surface area (TPSA) is 38.1 Å². The number of amides is 1. The summed E-state index contributed by atoms with van der Waals surface area (Å²) in [6.07, 6.45) is 1.72. The largest absolute Gasteiger partial charge is 0.346 e. The number of carbonyl (C=O) groups is 1. The Labute approximate surface area is 181 Å². The van der Waals surface area contributed by atoms with E-state index in [1.807, 2.05) is 65.6 Å². The number of pyridine rings is 1. The highest BCUT2D eigenvalue weighted by atomic mass is 16.2. The number of carbonyl (C=O) groups excluding carboxylic acids is 1. The van der Waals surface area contributed by atoms with E-state index in [1.165, 1.54) is 5.39 Å². The molecule has 0 saturated carbocycles. The van der Waals surface area contributed by atoms with Crippen molar-refractivity contribution >= 4 is 27.6 Å². The molecule has 5 rings (SSSR count). The Morgan fingerprint density at radius 2 is 1.55 bits per heavy atom. The second-order valence-corrected chi connectivity index (χ2v) is 7.78. The highest BCUT2D eigenvalue weighted by Crippen LogP contribution is 2.23. The van der Waals surface area contributed by atoms with Crippen LogP contribution >= 0.6 is 0 Å². The predicted octanol–water partition coefficient (Wildman–Crippen LogP) is 5.57. The summed E-state index contributed by atoms with van der Waals surface area (Å²) in [5.41, 5.74) is 3.83. The summed E-state index contributed by atoms with van der Waals surface area (Å²) in [6, 6.07) is 30.4. The number of fused-ring (bicyclic) bond motifs is 2. The third-order valence-corrected chi connectivity index (χ3v) is 5.78. The standard InChI is InChI=1S/C27H23N3O/c1-29-23(17-22-12-6-8-14-25(22)29)19-30(18-20-9-3-2-4-10-20)27(31)26-24-13-7-5-11-21(24)15-16-28-26/h2-17H,18-19H2,1H3. The molecule has 5 aromatic rings. The van der Waals surface area contributed by atoms with Crippen molar-refractivity contribution in [3.63, 3.8) is 0 Å². The molecule has 0 N–H and O–H groups in total. The Bertz CT molecular complexity index is 1370. The van der Waals surface area contributed by atoms with Crippen molar-refractivity contribution in [1.82, 2.24) is 14.5 Å². The summed E-state index contributed by atoms with van der Waals surface area (Å²) in [4.78, 5) is 20.1. The first-order chi connectivity index (χ1) is 15.2. The normalized spacial score (nSPS) is 11.1. The molecular formula is C27H23N3O. The van der Waals surface area contributed by atoms with E-state index in [9.17, 15) is 4.79 Å². The number of aryl methyl sites for hydroxylation is 1. The van der Waals surface area contributed by atoms with Crippen LogP contribution in [0.15, 0.2) is 97.2 Å². The zero-order chi connectivity index (χ0) is 21.2. The summed E-state index contributed by atoms with van der Waals surface area (Å²) in [5.74, 6) is -0.0640. The van der Waals surface area contributed by atoms with E-state index in [4.69, 9.17) is 0 Å². The van der Waals surface area contributed by atoms with Gasteiger partial charge in [-0.25, -0.2) is 0 Å². The summed E-state index contributed by atoms with van der Waals surface area (Å²) < 4.78 is 2.16. The van der Waals surface area contributed by atoms with E-state index in [1.54, 1.807) is 6.20 Å². The average Bonchev–Trinajstić information content (AvgIpc) is 3.14. The molecular weight excluding hydrogens is 382 g/mol. The Morgan fingerprint density at radius 3 is 2.35 bits per heavy atom. The molecule has 4 heteroatoms. The predicted molar refractivity (Wildman–Crippen MR) is 125 cm³/mol. The van der Waals surface area contributed by atoms with Crippen LogP contribution in [0.3, 0.4) is 0 Å². The fourth-order valence-electron chi connectivity index (χ4n) is 4.14. The van der Waals surface area contributed by atoms with Crippen molar-refractivity contribution in [2.24, 2.45) is 7.05 Å². The van der Waals surface area contributed by atoms with E-state index in [-0.39, 0.29) is 5.91 Å². The van der Waals surface area contributed by atoms with E-state index < -0.39 is 0 Å². The van der Waals surface area contributed by atoms with Crippen molar-refractivity contribution in [2.45, 2.75) is 13.1 Å². The van der Waals surface area contributed by atoms with Gasteiger partial charge in [0, 0.05) is 36.4 Å². The maximum Gasteiger partial charge on any atom is 0.273 e. The molecule has 0 fully saturated rings. The Morgan fingerprint density at radius 1 is 0.839 bits per heavy atom. The molecule has 2 aromatic heterocycles. The molecule has 0 unspecified atom stereocenters. The number of nitrogens with zero attached hydrogens (tertiary/aromatic N) is 3. The fourth-order valence-corrected chi connectivity index (χ4v) is 4.14. The van der Waals surface area contributed by atoms with Crippen LogP contribution in [0.5, 0.6) is 0 Å². The molecule has 0 radical (unpaired) electrons. The van der Waals surface area contributed by atoms with E-state index in [0.717, 1.165) is 27.5 Å². The molecule has 0 aliphatic rings.